The van der Waals surface area contributed by atoms with Crippen molar-refractivity contribution in [3.63, 3.8) is 0 Å². The summed E-state index contributed by atoms with van der Waals surface area (Å²) in [6.45, 7) is 3.32. The van der Waals surface area contributed by atoms with Crippen molar-refractivity contribution in [2.75, 3.05) is 6.54 Å². The zero-order chi connectivity index (χ0) is 26.9. The molecule has 202 valence electrons. The molecule has 4 rings (SSSR count). The summed E-state index contributed by atoms with van der Waals surface area (Å²) in [6.07, 6.45) is 4.61. The second-order valence-electron chi connectivity index (χ2n) is 8.30. The van der Waals surface area contributed by atoms with Gasteiger partial charge >= 0.3 is 24.3 Å². The fourth-order valence-corrected chi connectivity index (χ4v) is 4.02. The van der Waals surface area contributed by atoms with Crippen LogP contribution in [-0.2, 0) is 35.5 Å². The minimum absolute atomic E-state index is 0.685. The van der Waals surface area contributed by atoms with Gasteiger partial charge in [0.05, 0.1) is 12.0 Å². The maximum atomic E-state index is 10.6. The number of imidazole rings is 1. The van der Waals surface area contributed by atoms with Crippen molar-refractivity contribution in [2.24, 2.45) is 0 Å². The Morgan fingerprint density at radius 1 is 1.03 bits per heavy atom. The van der Waals surface area contributed by atoms with Crippen LogP contribution in [0.4, 0.5) is 26.3 Å². The number of aryl methyl sites for hydroxylation is 2. The van der Waals surface area contributed by atoms with Crippen molar-refractivity contribution in [1.29, 1.82) is 0 Å². The molecule has 0 saturated carbocycles. The fourth-order valence-electron chi connectivity index (χ4n) is 4.02. The first-order chi connectivity index (χ1) is 16.8. The number of aromatic nitrogens is 4. The van der Waals surface area contributed by atoms with Gasteiger partial charge in [-0.2, -0.15) is 31.4 Å². The Labute approximate surface area is 202 Å². The molecule has 0 radical (unpaired) electrons. The molecule has 36 heavy (non-hydrogen) atoms. The van der Waals surface area contributed by atoms with E-state index in [0.29, 0.717) is 6.04 Å². The van der Waals surface area contributed by atoms with Gasteiger partial charge in [-0.1, -0.05) is 6.42 Å². The molecule has 0 amide bonds. The molecule has 9 nitrogen and oxygen atoms in total. The SMILES string of the molecule is O=C(O)C(F)(F)F.O=C(O)C(F)(F)F.c1cn(CCC2CCCCN2Cc2n[nH]c3c2CCC3)cn1. The summed E-state index contributed by atoms with van der Waals surface area (Å²) in [5, 5.41) is 22.1. The lowest BCUT2D eigenvalue weighted by Crippen LogP contribution is -2.39. The second-order valence-corrected chi connectivity index (χ2v) is 8.30. The van der Waals surface area contributed by atoms with E-state index in [1.807, 2.05) is 12.5 Å². The van der Waals surface area contributed by atoms with Crippen molar-refractivity contribution < 1.29 is 46.1 Å². The summed E-state index contributed by atoms with van der Waals surface area (Å²) in [5.74, 6) is -5.51. The van der Waals surface area contributed by atoms with E-state index in [-0.39, 0.29) is 0 Å². The molecule has 0 aromatic carbocycles. The van der Waals surface area contributed by atoms with Crippen LogP contribution in [0.15, 0.2) is 18.7 Å². The van der Waals surface area contributed by atoms with Crippen molar-refractivity contribution in [2.45, 2.75) is 76.4 Å². The summed E-state index contributed by atoms with van der Waals surface area (Å²) >= 11 is 0. The number of hydrogen-bond acceptors (Lipinski definition) is 5. The topological polar surface area (TPSA) is 124 Å². The molecule has 0 spiro atoms. The third-order valence-electron chi connectivity index (χ3n) is 5.76. The number of carbonyl (C=O) groups is 2. The average molecular weight is 527 g/mol. The molecular formula is C21H27F6N5O4. The van der Waals surface area contributed by atoms with Crippen LogP contribution in [-0.4, -0.2) is 71.7 Å². The van der Waals surface area contributed by atoms with Gasteiger partial charge in [-0.15, -0.1) is 0 Å². The number of halogens is 6. The molecule has 3 N–H and O–H groups in total. The maximum Gasteiger partial charge on any atom is 0.490 e. The fraction of sp³-hybridized carbons (Fsp3) is 0.619. The maximum absolute atomic E-state index is 10.6. The number of aromatic amines is 1. The number of rotatable bonds is 5. The molecule has 15 heteroatoms. The van der Waals surface area contributed by atoms with Crippen LogP contribution in [0.5, 0.6) is 0 Å². The summed E-state index contributed by atoms with van der Waals surface area (Å²) in [6, 6.07) is 0.685. The highest BCUT2D eigenvalue weighted by atomic mass is 19.4. The third kappa shape index (κ3) is 9.17. The minimum atomic E-state index is -5.08. The van der Waals surface area contributed by atoms with Gasteiger partial charge < -0.3 is 14.8 Å². The first-order valence-corrected chi connectivity index (χ1v) is 11.1. The summed E-state index contributed by atoms with van der Waals surface area (Å²) in [4.78, 5) is 24.6. The number of nitrogens with one attached hydrogen (secondary N) is 1. The molecular weight excluding hydrogens is 500 g/mol. The van der Waals surface area contributed by atoms with E-state index in [4.69, 9.17) is 19.8 Å². The zero-order valence-corrected chi connectivity index (χ0v) is 19.1. The van der Waals surface area contributed by atoms with Crippen molar-refractivity contribution in [3.8, 4) is 0 Å². The zero-order valence-electron chi connectivity index (χ0n) is 19.1. The van der Waals surface area contributed by atoms with Crippen LogP contribution in [0.1, 0.15) is 49.1 Å². The molecule has 1 atom stereocenters. The van der Waals surface area contributed by atoms with Gasteiger partial charge in [0.2, 0.25) is 0 Å². The van der Waals surface area contributed by atoms with Gasteiger partial charge in [-0.3, -0.25) is 10.00 Å². The second kappa shape index (κ2) is 12.7. The molecule has 2 aromatic heterocycles. The summed E-state index contributed by atoms with van der Waals surface area (Å²) < 4.78 is 65.7. The number of nitrogens with zero attached hydrogens (tertiary/aromatic N) is 4. The van der Waals surface area contributed by atoms with Crippen LogP contribution in [0.2, 0.25) is 0 Å². The lowest BCUT2D eigenvalue weighted by atomic mass is 9.98. The number of hydrogen-bond donors (Lipinski definition) is 3. The van der Waals surface area contributed by atoms with Gasteiger partial charge in [0.25, 0.3) is 0 Å². The number of piperidine rings is 1. The van der Waals surface area contributed by atoms with Gasteiger partial charge in [0.1, 0.15) is 0 Å². The number of carboxylic acid groups (broad SMARTS) is 2. The molecule has 3 heterocycles. The smallest absolute Gasteiger partial charge is 0.475 e. The van der Waals surface area contributed by atoms with Gasteiger partial charge in [-0.25, -0.2) is 14.6 Å². The van der Waals surface area contributed by atoms with E-state index in [1.165, 1.54) is 68.4 Å². The van der Waals surface area contributed by atoms with Crippen LogP contribution < -0.4 is 0 Å². The predicted octanol–water partition coefficient (Wildman–Crippen LogP) is 3.81. The van der Waals surface area contributed by atoms with Crippen molar-refractivity contribution >= 4 is 11.9 Å². The highest BCUT2D eigenvalue weighted by molar-refractivity contribution is 5.73. The number of likely N-dealkylation sites (tertiary alicyclic amines) is 1. The van der Waals surface area contributed by atoms with Gasteiger partial charge in [-0.05, 0) is 50.6 Å². The largest absolute Gasteiger partial charge is 0.490 e. The molecule has 2 aromatic rings. The number of fused-ring (bicyclic) bond motifs is 1. The quantitative estimate of drug-likeness (QED) is 0.505. The Morgan fingerprint density at radius 2 is 1.67 bits per heavy atom. The molecule has 1 aliphatic carbocycles. The Kier molecular flexibility index (Phi) is 10.3. The number of aliphatic carboxylic acids is 2. The van der Waals surface area contributed by atoms with Crippen LogP contribution in [0, 0.1) is 0 Å². The minimum Gasteiger partial charge on any atom is -0.475 e. The number of H-pyrrole nitrogens is 1. The van der Waals surface area contributed by atoms with E-state index < -0.39 is 24.3 Å². The normalized spacial score (nSPS) is 17.9. The average Bonchev–Trinajstić information content (AvgIpc) is 3.53. The van der Waals surface area contributed by atoms with Gasteiger partial charge in [0.15, 0.2) is 0 Å². The predicted molar refractivity (Wildman–Crippen MR) is 113 cm³/mol. The van der Waals surface area contributed by atoms with Crippen LogP contribution in [0.25, 0.3) is 0 Å². The summed E-state index contributed by atoms with van der Waals surface area (Å²) in [5.41, 5.74) is 4.21. The van der Waals surface area contributed by atoms with Crippen LogP contribution in [0.3, 0.4) is 0 Å². The summed E-state index contributed by atoms with van der Waals surface area (Å²) in [7, 11) is 0. The van der Waals surface area contributed by atoms with E-state index in [9.17, 15) is 26.3 Å². The first-order valence-electron chi connectivity index (χ1n) is 11.1. The third-order valence-corrected chi connectivity index (χ3v) is 5.76. The van der Waals surface area contributed by atoms with E-state index in [1.54, 1.807) is 0 Å². The van der Waals surface area contributed by atoms with Crippen LogP contribution >= 0.6 is 0 Å². The number of alkyl halides is 6. The Bertz CT molecular complexity index is 951. The van der Waals surface area contributed by atoms with Crippen molar-refractivity contribution in [1.82, 2.24) is 24.6 Å². The molecule has 1 fully saturated rings. The monoisotopic (exact) mass is 527 g/mol. The number of carboxylic acids is 2. The van der Waals surface area contributed by atoms with Gasteiger partial charge in [0, 0.05) is 37.2 Å². The van der Waals surface area contributed by atoms with E-state index in [0.717, 1.165) is 13.1 Å². The lowest BCUT2D eigenvalue weighted by Gasteiger charge is -2.35. The Morgan fingerprint density at radius 3 is 2.22 bits per heavy atom. The Balaban J connectivity index is 0.000000271. The van der Waals surface area contributed by atoms with Crippen molar-refractivity contribution in [3.05, 3.63) is 35.7 Å². The lowest BCUT2D eigenvalue weighted by molar-refractivity contribution is -0.193. The van der Waals surface area contributed by atoms with E-state index >= 15 is 0 Å². The molecule has 1 aliphatic heterocycles. The molecule has 1 unspecified atom stereocenters. The molecule has 2 aliphatic rings. The molecule has 0 bridgehead atoms. The standard InChI is InChI=1S/C17H25N5.2C2HF3O2/c1-2-9-22(12-17-15-5-3-6-16(15)19-20-17)14(4-1)7-10-21-11-8-18-13-21;2*3-2(4,5)1(6)7/h8,11,13-14H,1-7,9-10,12H2,(H,19,20);2*(H,6,7). The highest BCUT2D eigenvalue weighted by Gasteiger charge is 2.38. The first kappa shape index (κ1) is 29.1. The Hall–Kier alpha value is -3.10. The molecule has 1 saturated heterocycles. The van der Waals surface area contributed by atoms with E-state index in [2.05, 4.69) is 30.8 Å². The highest BCUT2D eigenvalue weighted by Crippen LogP contribution is 2.27.